The minimum absolute atomic E-state index is 0.129. The van der Waals surface area contributed by atoms with E-state index in [-0.39, 0.29) is 54.0 Å². The standard InChI is InChI=1S/C23H26N2O3/c26-19(25(17-7-3-1-4-8-17)18-9-5-2-6-10-18)14-24-22(27)20-15-11-12-16(13-15)21(20)23(24)28/h1,3-4,7-8,11-12,15-16,18,20-21H,2,5-6,9-10,13-14H2/t15-,16-,20-,21-/m0/s1. The highest BCUT2D eigenvalue weighted by molar-refractivity contribution is 6.10. The van der Waals surface area contributed by atoms with Crippen molar-refractivity contribution < 1.29 is 14.4 Å². The molecule has 3 fully saturated rings. The number of carbonyl (C=O) groups is 3. The molecule has 0 aromatic heterocycles. The van der Waals surface area contributed by atoms with Gasteiger partial charge in [0.2, 0.25) is 17.7 Å². The van der Waals surface area contributed by atoms with Crippen LogP contribution in [0, 0.1) is 23.7 Å². The molecule has 1 saturated heterocycles. The number of imide groups is 1. The summed E-state index contributed by atoms with van der Waals surface area (Å²) >= 11 is 0. The molecule has 4 aliphatic rings. The van der Waals surface area contributed by atoms with E-state index >= 15 is 0 Å². The summed E-state index contributed by atoms with van der Waals surface area (Å²) in [6, 6.07) is 9.83. The lowest BCUT2D eigenvalue weighted by atomic mass is 9.85. The van der Waals surface area contributed by atoms with E-state index in [0.29, 0.717) is 0 Å². The number of rotatable bonds is 4. The maximum absolute atomic E-state index is 13.4. The van der Waals surface area contributed by atoms with E-state index in [2.05, 4.69) is 12.2 Å². The van der Waals surface area contributed by atoms with E-state index in [1.54, 1.807) is 0 Å². The highest BCUT2D eigenvalue weighted by Gasteiger charge is 2.59. The van der Waals surface area contributed by atoms with Crippen molar-refractivity contribution in [3.05, 3.63) is 42.5 Å². The normalized spacial score (nSPS) is 31.5. The van der Waals surface area contributed by atoms with Crippen molar-refractivity contribution in [3.63, 3.8) is 0 Å². The van der Waals surface area contributed by atoms with Gasteiger partial charge in [-0.1, -0.05) is 49.6 Å². The van der Waals surface area contributed by atoms with Crippen LogP contribution in [0.5, 0.6) is 0 Å². The molecule has 0 N–H and O–H groups in total. The molecule has 0 spiro atoms. The molecule has 1 aromatic rings. The van der Waals surface area contributed by atoms with Crippen molar-refractivity contribution in [2.75, 3.05) is 11.4 Å². The number of hydrogen-bond acceptors (Lipinski definition) is 3. The molecule has 2 saturated carbocycles. The van der Waals surface area contributed by atoms with Gasteiger partial charge in [-0.05, 0) is 43.2 Å². The molecule has 28 heavy (non-hydrogen) atoms. The van der Waals surface area contributed by atoms with Crippen LogP contribution in [-0.2, 0) is 14.4 Å². The fourth-order valence-electron chi connectivity index (χ4n) is 5.82. The van der Waals surface area contributed by atoms with Gasteiger partial charge in [0, 0.05) is 11.7 Å². The van der Waals surface area contributed by atoms with Gasteiger partial charge in [-0.15, -0.1) is 0 Å². The number of likely N-dealkylation sites (tertiary alicyclic amines) is 1. The number of allylic oxidation sites excluding steroid dienone is 2. The summed E-state index contributed by atoms with van der Waals surface area (Å²) in [5, 5.41) is 0. The smallest absolute Gasteiger partial charge is 0.247 e. The number of amides is 3. The van der Waals surface area contributed by atoms with Gasteiger partial charge in [0.1, 0.15) is 6.54 Å². The van der Waals surface area contributed by atoms with E-state index in [1.807, 2.05) is 35.2 Å². The molecule has 0 radical (unpaired) electrons. The van der Waals surface area contributed by atoms with Crippen LogP contribution in [0.3, 0.4) is 0 Å². The summed E-state index contributed by atoms with van der Waals surface area (Å²) in [7, 11) is 0. The number of carbonyl (C=O) groups excluding carboxylic acids is 3. The number of benzene rings is 1. The largest absolute Gasteiger partial charge is 0.308 e. The second kappa shape index (κ2) is 6.87. The van der Waals surface area contributed by atoms with E-state index in [0.717, 1.165) is 37.8 Å². The summed E-state index contributed by atoms with van der Waals surface area (Å²) in [6.45, 7) is -0.129. The minimum Gasteiger partial charge on any atom is -0.308 e. The number of nitrogens with zero attached hydrogens (tertiary/aromatic N) is 2. The third-order valence-electron chi connectivity index (χ3n) is 7.10. The minimum atomic E-state index is -0.241. The first kappa shape index (κ1) is 17.7. The first-order chi connectivity index (χ1) is 13.6. The number of anilines is 1. The Bertz CT molecular complexity index is 798. The highest BCUT2D eigenvalue weighted by atomic mass is 16.2. The van der Waals surface area contributed by atoms with E-state index in [9.17, 15) is 14.4 Å². The molecule has 1 heterocycles. The SMILES string of the molecule is O=C1[C@@H]2[C@@H](C(=O)N1CC(=O)N(c1ccccc1)C1CCCCC1)[C@H]1C=C[C@H]2C1. The Morgan fingerprint density at radius 2 is 1.54 bits per heavy atom. The first-order valence-corrected chi connectivity index (χ1v) is 10.6. The average molecular weight is 378 g/mol. The summed E-state index contributed by atoms with van der Waals surface area (Å²) in [5.41, 5.74) is 0.862. The molecular weight excluding hydrogens is 352 g/mol. The highest BCUT2D eigenvalue weighted by Crippen LogP contribution is 2.52. The van der Waals surface area contributed by atoms with Gasteiger partial charge >= 0.3 is 0 Å². The Morgan fingerprint density at radius 1 is 0.929 bits per heavy atom. The van der Waals surface area contributed by atoms with Crippen LogP contribution >= 0.6 is 0 Å². The Balaban J connectivity index is 1.38. The number of fused-ring (bicyclic) bond motifs is 5. The summed E-state index contributed by atoms with van der Waals surface area (Å²) in [5.74, 6) is -0.552. The first-order valence-electron chi connectivity index (χ1n) is 10.6. The average Bonchev–Trinajstić information content (AvgIpc) is 3.40. The summed E-state index contributed by atoms with van der Waals surface area (Å²) in [6.07, 6.45) is 10.5. The van der Waals surface area contributed by atoms with E-state index < -0.39 is 0 Å². The Hall–Kier alpha value is -2.43. The maximum atomic E-state index is 13.4. The fraction of sp³-hybridized carbons (Fsp3) is 0.522. The third-order valence-corrected chi connectivity index (χ3v) is 7.10. The van der Waals surface area contributed by atoms with Crippen LogP contribution in [0.4, 0.5) is 5.69 Å². The van der Waals surface area contributed by atoms with Gasteiger partial charge in [-0.3, -0.25) is 19.3 Å². The number of para-hydroxylation sites is 1. The van der Waals surface area contributed by atoms with Crippen molar-refractivity contribution in [2.45, 2.75) is 44.6 Å². The molecule has 2 bridgehead atoms. The van der Waals surface area contributed by atoms with Crippen molar-refractivity contribution in [3.8, 4) is 0 Å². The molecule has 5 heteroatoms. The molecular formula is C23H26N2O3. The summed E-state index contributed by atoms with van der Waals surface area (Å²) in [4.78, 5) is 42.4. The third kappa shape index (κ3) is 2.71. The predicted octanol–water partition coefficient (Wildman–Crippen LogP) is 3.16. The zero-order chi connectivity index (χ0) is 19.3. The van der Waals surface area contributed by atoms with Crippen molar-refractivity contribution in [1.82, 2.24) is 4.90 Å². The van der Waals surface area contributed by atoms with E-state index in [1.165, 1.54) is 11.3 Å². The molecule has 5 nitrogen and oxygen atoms in total. The molecule has 0 unspecified atom stereocenters. The fourth-order valence-corrected chi connectivity index (χ4v) is 5.82. The van der Waals surface area contributed by atoms with Gasteiger partial charge in [-0.25, -0.2) is 0 Å². The quantitative estimate of drug-likeness (QED) is 0.597. The number of hydrogen-bond donors (Lipinski definition) is 0. The topological polar surface area (TPSA) is 57.7 Å². The summed E-state index contributed by atoms with van der Waals surface area (Å²) < 4.78 is 0. The molecule has 3 amide bonds. The molecule has 146 valence electrons. The molecule has 5 rings (SSSR count). The Labute approximate surface area is 165 Å². The van der Waals surface area contributed by atoms with Gasteiger partial charge in [0.15, 0.2) is 0 Å². The van der Waals surface area contributed by atoms with Gasteiger partial charge in [-0.2, -0.15) is 0 Å². The lowest BCUT2D eigenvalue weighted by Gasteiger charge is -2.35. The Kier molecular flexibility index (Phi) is 4.33. The lowest BCUT2D eigenvalue weighted by molar-refractivity contribution is -0.143. The molecule has 4 atom stereocenters. The Morgan fingerprint density at radius 3 is 2.14 bits per heavy atom. The molecule has 3 aliphatic carbocycles. The van der Waals surface area contributed by atoms with Crippen LogP contribution in [0.1, 0.15) is 38.5 Å². The second-order valence-electron chi connectivity index (χ2n) is 8.65. The van der Waals surface area contributed by atoms with Crippen molar-refractivity contribution in [1.29, 1.82) is 0 Å². The van der Waals surface area contributed by atoms with Crippen LogP contribution in [0.2, 0.25) is 0 Å². The zero-order valence-corrected chi connectivity index (χ0v) is 16.0. The van der Waals surface area contributed by atoms with Crippen LogP contribution in [0.25, 0.3) is 0 Å². The lowest BCUT2D eigenvalue weighted by Crippen LogP contribution is -2.48. The monoisotopic (exact) mass is 378 g/mol. The molecule has 1 aliphatic heterocycles. The van der Waals surface area contributed by atoms with E-state index in [4.69, 9.17) is 0 Å². The maximum Gasteiger partial charge on any atom is 0.247 e. The van der Waals surface area contributed by atoms with Crippen LogP contribution in [-0.4, -0.2) is 35.2 Å². The van der Waals surface area contributed by atoms with Crippen molar-refractivity contribution in [2.24, 2.45) is 23.7 Å². The van der Waals surface area contributed by atoms with Crippen LogP contribution in [0.15, 0.2) is 42.5 Å². The van der Waals surface area contributed by atoms with Gasteiger partial charge in [0.25, 0.3) is 0 Å². The zero-order valence-electron chi connectivity index (χ0n) is 16.0. The van der Waals surface area contributed by atoms with Crippen molar-refractivity contribution >= 4 is 23.4 Å². The second-order valence-corrected chi connectivity index (χ2v) is 8.65. The molecule has 1 aromatic carbocycles. The predicted molar refractivity (Wildman–Crippen MR) is 105 cm³/mol. The van der Waals surface area contributed by atoms with Crippen LogP contribution < -0.4 is 4.90 Å². The van der Waals surface area contributed by atoms with Gasteiger partial charge < -0.3 is 4.90 Å². The van der Waals surface area contributed by atoms with Gasteiger partial charge in [0.05, 0.1) is 11.8 Å².